The molecule has 1 aliphatic rings. The van der Waals surface area contributed by atoms with Gasteiger partial charge in [-0.25, -0.2) is 13.8 Å². The second kappa shape index (κ2) is 8.45. The zero-order chi connectivity index (χ0) is 24.1. The first-order valence-electron chi connectivity index (χ1n) is 10.2. The van der Waals surface area contributed by atoms with Gasteiger partial charge < -0.3 is 26.6 Å². The van der Waals surface area contributed by atoms with Gasteiger partial charge in [-0.3, -0.25) is 9.48 Å². The van der Waals surface area contributed by atoms with Crippen molar-refractivity contribution < 1.29 is 23.4 Å². The molecule has 4 rings (SSSR count). The molecule has 3 heterocycles. The average molecular weight is 479 g/mol. The number of nitrogens with one attached hydrogen (secondary N) is 1. The van der Waals surface area contributed by atoms with Gasteiger partial charge in [-0.2, -0.15) is 5.10 Å². The van der Waals surface area contributed by atoms with Gasteiger partial charge in [0.25, 0.3) is 5.91 Å². The van der Waals surface area contributed by atoms with Crippen LogP contribution in [-0.4, -0.2) is 43.5 Å². The molecule has 1 fully saturated rings. The second-order valence-electron chi connectivity index (χ2n) is 8.18. The molecule has 4 atom stereocenters. The molecule has 176 valence electrons. The minimum absolute atomic E-state index is 0.0104. The number of amides is 1. The lowest BCUT2D eigenvalue weighted by Gasteiger charge is -2.43. The highest BCUT2D eigenvalue weighted by molar-refractivity contribution is 7.19. The SMILES string of the molecule is CC1OC(c2c(NC(=O)c3nc(-c4c(F)cccc4F)sc3N)cnn2C)CC(N)C1(C)O. The van der Waals surface area contributed by atoms with E-state index in [0.29, 0.717) is 17.8 Å². The van der Waals surface area contributed by atoms with Crippen molar-refractivity contribution in [2.45, 2.75) is 44.1 Å². The largest absolute Gasteiger partial charge is 0.389 e. The van der Waals surface area contributed by atoms with E-state index >= 15 is 0 Å². The van der Waals surface area contributed by atoms with Crippen LogP contribution >= 0.6 is 11.3 Å². The van der Waals surface area contributed by atoms with Crippen molar-refractivity contribution >= 4 is 27.9 Å². The Morgan fingerprint density at radius 2 is 2.06 bits per heavy atom. The molecule has 0 bridgehead atoms. The summed E-state index contributed by atoms with van der Waals surface area (Å²) < 4.78 is 35.8. The number of benzene rings is 1. The molecule has 0 radical (unpaired) electrons. The number of nitrogens with two attached hydrogens (primary N) is 2. The highest BCUT2D eigenvalue weighted by Crippen LogP contribution is 2.39. The molecule has 1 aliphatic heterocycles. The maximum Gasteiger partial charge on any atom is 0.277 e. The van der Waals surface area contributed by atoms with Crippen LogP contribution in [0.25, 0.3) is 10.6 Å². The zero-order valence-corrected chi connectivity index (χ0v) is 19.0. The fourth-order valence-corrected chi connectivity index (χ4v) is 4.67. The summed E-state index contributed by atoms with van der Waals surface area (Å²) in [6.45, 7) is 3.34. The maximum absolute atomic E-state index is 14.1. The van der Waals surface area contributed by atoms with E-state index in [-0.39, 0.29) is 21.3 Å². The normalized spacial score (nSPS) is 25.2. The molecule has 33 heavy (non-hydrogen) atoms. The van der Waals surface area contributed by atoms with Gasteiger partial charge in [0.1, 0.15) is 33.3 Å². The van der Waals surface area contributed by atoms with Crippen molar-refractivity contribution in [3.63, 3.8) is 0 Å². The van der Waals surface area contributed by atoms with Crippen molar-refractivity contribution in [1.29, 1.82) is 0 Å². The number of thiazole rings is 1. The predicted molar refractivity (Wildman–Crippen MR) is 120 cm³/mol. The quantitative estimate of drug-likeness (QED) is 0.452. The van der Waals surface area contributed by atoms with Crippen LogP contribution in [0.5, 0.6) is 0 Å². The molecule has 6 N–H and O–H groups in total. The molecular weight excluding hydrogens is 454 g/mol. The van der Waals surface area contributed by atoms with Crippen molar-refractivity contribution in [3.05, 3.63) is 47.4 Å². The smallest absolute Gasteiger partial charge is 0.277 e. The lowest BCUT2D eigenvalue weighted by atomic mass is 9.84. The van der Waals surface area contributed by atoms with Crippen LogP contribution in [0.3, 0.4) is 0 Å². The molecule has 1 aromatic carbocycles. The molecule has 12 heteroatoms. The number of ether oxygens (including phenoxy) is 1. The van der Waals surface area contributed by atoms with E-state index in [4.69, 9.17) is 16.2 Å². The molecule has 0 saturated carbocycles. The third-order valence-corrected chi connectivity index (χ3v) is 6.90. The first kappa shape index (κ1) is 23.2. The number of anilines is 2. The number of hydrogen-bond acceptors (Lipinski definition) is 8. The summed E-state index contributed by atoms with van der Waals surface area (Å²) in [7, 11) is 1.69. The summed E-state index contributed by atoms with van der Waals surface area (Å²) in [5.41, 5.74) is 11.3. The van der Waals surface area contributed by atoms with Crippen LogP contribution in [0.2, 0.25) is 0 Å². The Bertz CT molecular complexity index is 1180. The zero-order valence-electron chi connectivity index (χ0n) is 18.2. The lowest BCUT2D eigenvalue weighted by molar-refractivity contribution is -0.172. The van der Waals surface area contributed by atoms with Crippen molar-refractivity contribution in [1.82, 2.24) is 14.8 Å². The van der Waals surface area contributed by atoms with E-state index in [1.165, 1.54) is 12.3 Å². The van der Waals surface area contributed by atoms with Gasteiger partial charge in [-0.05, 0) is 32.4 Å². The predicted octanol–water partition coefficient (Wildman–Crippen LogP) is 2.58. The van der Waals surface area contributed by atoms with Crippen LogP contribution < -0.4 is 16.8 Å². The van der Waals surface area contributed by atoms with Gasteiger partial charge in [-0.1, -0.05) is 17.4 Å². The molecule has 2 aromatic heterocycles. The number of aromatic nitrogens is 3. The van der Waals surface area contributed by atoms with Crippen molar-refractivity contribution in [2.24, 2.45) is 12.8 Å². The number of carbonyl (C=O) groups excluding carboxylic acids is 1. The number of hydrogen-bond donors (Lipinski definition) is 4. The topological polar surface area (TPSA) is 141 Å². The number of halogens is 2. The van der Waals surface area contributed by atoms with Gasteiger partial charge >= 0.3 is 0 Å². The fraction of sp³-hybridized carbons (Fsp3) is 0.381. The molecule has 4 unspecified atom stereocenters. The Kier molecular flexibility index (Phi) is 5.95. The molecule has 0 spiro atoms. The lowest BCUT2D eigenvalue weighted by Crippen LogP contribution is -2.58. The third kappa shape index (κ3) is 4.10. The van der Waals surface area contributed by atoms with E-state index in [2.05, 4.69) is 15.4 Å². The van der Waals surface area contributed by atoms with Gasteiger partial charge in [0.15, 0.2) is 5.69 Å². The van der Waals surface area contributed by atoms with Gasteiger partial charge in [-0.15, -0.1) is 0 Å². The number of rotatable bonds is 4. The fourth-order valence-electron chi connectivity index (χ4n) is 3.80. The van der Waals surface area contributed by atoms with E-state index in [1.54, 1.807) is 25.6 Å². The van der Waals surface area contributed by atoms with Crippen molar-refractivity contribution in [3.8, 4) is 10.6 Å². The average Bonchev–Trinajstić information content (AvgIpc) is 3.28. The van der Waals surface area contributed by atoms with Gasteiger partial charge in [0.2, 0.25) is 0 Å². The Morgan fingerprint density at radius 1 is 1.39 bits per heavy atom. The summed E-state index contributed by atoms with van der Waals surface area (Å²) in [5, 5.41) is 17.4. The highest BCUT2D eigenvalue weighted by Gasteiger charge is 2.44. The summed E-state index contributed by atoms with van der Waals surface area (Å²) >= 11 is 0.808. The van der Waals surface area contributed by atoms with Crippen LogP contribution in [-0.2, 0) is 11.8 Å². The van der Waals surface area contributed by atoms with E-state index in [1.807, 2.05) is 0 Å². The molecule has 1 amide bonds. The van der Waals surface area contributed by atoms with E-state index < -0.39 is 41.4 Å². The summed E-state index contributed by atoms with van der Waals surface area (Å²) in [5.74, 6) is -2.27. The summed E-state index contributed by atoms with van der Waals surface area (Å²) in [4.78, 5) is 17.0. The van der Waals surface area contributed by atoms with Crippen LogP contribution in [0, 0.1) is 11.6 Å². The summed E-state index contributed by atoms with van der Waals surface area (Å²) in [6, 6.07) is 2.88. The Hall–Kier alpha value is -2.93. The Balaban J connectivity index is 1.61. The van der Waals surface area contributed by atoms with Gasteiger partial charge in [0, 0.05) is 13.1 Å². The number of nitrogen functional groups attached to an aromatic ring is 1. The molecular formula is C21H24F2N6O3S. The minimum atomic E-state index is -1.20. The summed E-state index contributed by atoms with van der Waals surface area (Å²) in [6.07, 6.45) is 0.653. The van der Waals surface area contributed by atoms with Crippen molar-refractivity contribution in [2.75, 3.05) is 11.1 Å². The standard InChI is InChI=1S/C21H24F2N6O3S/c1-9-21(2,31)14(24)7-13(32-9)17-12(8-26-29(17)3)27-19(30)16-18(25)33-20(28-16)15-10(22)5-4-6-11(15)23/h4-6,8-9,13-14,31H,7,24-25H2,1-3H3,(H,27,30). The van der Waals surface area contributed by atoms with Crippen LogP contribution in [0.1, 0.15) is 42.6 Å². The molecule has 1 saturated heterocycles. The first-order valence-corrected chi connectivity index (χ1v) is 11.0. The Morgan fingerprint density at radius 3 is 2.70 bits per heavy atom. The third-order valence-electron chi connectivity index (χ3n) is 5.99. The Labute approximate surface area is 192 Å². The van der Waals surface area contributed by atoms with Crippen LogP contribution in [0.15, 0.2) is 24.4 Å². The highest BCUT2D eigenvalue weighted by atomic mass is 32.1. The maximum atomic E-state index is 14.1. The van der Waals surface area contributed by atoms with Crippen LogP contribution in [0.4, 0.5) is 19.5 Å². The number of carbonyl (C=O) groups is 1. The minimum Gasteiger partial charge on any atom is -0.389 e. The second-order valence-corrected chi connectivity index (χ2v) is 9.22. The van der Waals surface area contributed by atoms with Gasteiger partial charge in [0.05, 0.1) is 29.2 Å². The van der Waals surface area contributed by atoms with E-state index in [0.717, 1.165) is 23.5 Å². The molecule has 3 aromatic rings. The first-order chi connectivity index (χ1) is 15.5. The number of aliphatic hydroxyl groups is 1. The number of nitrogens with zero attached hydrogens (tertiary/aromatic N) is 3. The molecule has 0 aliphatic carbocycles. The van der Waals surface area contributed by atoms with E-state index in [9.17, 15) is 18.7 Å². The molecule has 9 nitrogen and oxygen atoms in total. The number of aryl methyl sites for hydroxylation is 1. The monoisotopic (exact) mass is 478 g/mol.